The van der Waals surface area contributed by atoms with Gasteiger partial charge in [0.2, 0.25) is 0 Å². The van der Waals surface area contributed by atoms with Crippen LogP contribution in [0.1, 0.15) is 5.56 Å². The van der Waals surface area contributed by atoms with Gasteiger partial charge >= 0.3 is 0 Å². The monoisotopic (exact) mass is 350 g/mol. The van der Waals surface area contributed by atoms with Crippen molar-refractivity contribution < 1.29 is 4.52 Å². The lowest BCUT2D eigenvalue weighted by atomic mass is 10.1. The molecule has 2 aromatic heterocycles. The first-order valence-corrected chi connectivity index (χ1v) is 8.21. The van der Waals surface area contributed by atoms with Crippen LogP contribution in [0.2, 0.25) is 5.02 Å². The van der Waals surface area contributed by atoms with Gasteiger partial charge in [0.05, 0.1) is 0 Å². The predicted molar refractivity (Wildman–Crippen MR) is 98.6 cm³/mol. The summed E-state index contributed by atoms with van der Waals surface area (Å²) in [5.74, 6) is 0.769. The van der Waals surface area contributed by atoms with Gasteiger partial charge in [-0.05, 0) is 17.7 Å². The number of benzene rings is 2. The maximum Gasteiger partial charge on any atom is 0.263 e. The summed E-state index contributed by atoms with van der Waals surface area (Å²) in [7, 11) is 1.99. The first kappa shape index (κ1) is 15.6. The summed E-state index contributed by atoms with van der Waals surface area (Å²) >= 11 is 6.12. The molecule has 25 heavy (non-hydrogen) atoms. The van der Waals surface area contributed by atoms with Crippen LogP contribution in [0, 0.1) is 0 Å². The standard InChI is InChI=1S/C19H15ClN4O/c1-24(11-13-6-3-2-4-7-13)18-16-17(14-8-5-9-15(20)10-14)23-25-19(16)22-12-21-18/h2-10,12H,11H2,1H3. The van der Waals surface area contributed by atoms with Crippen LogP contribution in [0.15, 0.2) is 65.4 Å². The van der Waals surface area contributed by atoms with Crippen molar-refractivity contribution in [3.63, 3.8) is 0 Å². The topological polar surface area (TPSA) is 55.1 Å². The number of halogens is 1. The van der Waals surface area contributed by atoms with Crippen LogP contribution in [0.3, 0.4) is 0 Å². The Morgan fingerprint density at radius 1 is 1.04 bits per heavy atom. The molecule has 124 valence electrons. The molecular weight excluding hydrogens is 336 g/mol. The fourth-order valence-corrected chi connectivity index (χ4v) is 3.02. The Hall–Kier alpha value is -2.92. The van der Waals surface area contributed by atoms with Gasteiger partial charge in [-0.1, -0.05) is 59.2 Å². The van der Waals surface area contributed by atoms with Crippen LogP contribution in [0.4, 0.5) is 5.82 Å². The van der Waals surface area contributed by atoms with Gasteiger partial charge in [-0.25, -0.2) is 4.98 Å². The molecule has 0 atom stereocenters. The molecule has 4 rings (SSSR count). The average Bonchev–Trinajstić information content (AvgIpc) is 3.06. The van der Waals surface area contributed by atoms with E-state index in [1.807, 2.05) is 49.5 Å². The molecule has 0 saturated carbocycles. The molecule has 0 fully saturated rings. The number of fused-ring (bicyclic) bond motifs is 1. The quantitative estimate of drug-likeness (QED) is 0.539. The number of hydrogen-bond donors (Lipinski definition) is 0. The largest absolute Gasteiger partial charge is 0.355 e. The molecule has 0 unspecified atom stereocenters. The Bertz CT molecular complexity index is 1020. The minimum atomic E-state index is 0.458. The Kier molecular flexibility index (Phi) is 4.07. The molecule has 2 aromatic carbocycles. The summed E-state index contributed by atoms with van der Waals surface area (Å²) in [6.45, 7) is 0.715. The second-order valence-electron chi connectivity index (χ2n) is 5.76. The van der Waals surface area contributed by atoms with E-state index in [1.54, 1.807) is 0 Å². The van der Waals surface area contributed by atoms with E-state index in [9.17, 15) is 0 Å². The first-order chi connectivity index (χ1) is 12.2. The first-order valence-electron chi connectivity index (χ1n) is 7.84. The van der Waals surface area contributed by atoms with Crippen LogP contribution >= 0.6 is 11.6 Å². The highest BCUT2D eigenvalue weighted by atomic mass is 35.5. The van der Waals surface area contributed by atoms with Gasteiger partial charge in [0.25, 0.3) is 5.71 Å². The third kappa shape index (κ3) is 3.06. The molecule has 4 aromatic rings. The summed E-state index contributed by atoms with van der Waals surface area (Å²) in [6.07, 6.45) is 1.49. The fourth-order valence-electron chi connectivity index (χ4n) is 2.83. The van der Waals surface area contributed by atoms with Gasteiger partial charge in [0, 0.05) is 24.2 Å². The molecule has 0 amide bonds. The maximum atomic E-state index is 6.12. The summed E-state index contributed by atoms with van der Waals surface area (Å²) in [5, 5.41) is 5.62. The summed E-state index contributed by atoms with van der Waals surface area (Å²) in [4.78, 5) is 10.7. The molecule has 0 bridgehead atoms. The summed E-state index contributed by atoms with van der Waals surface area (Å²) < 4.78 is 5.41. The Morgan fingerprint density at radius 2 is 1.88 bits per heavy atom. The van der Waals surface area contributed by atoms with Crippen molar-refractivity contribution in [2.24, 2.45) is 0 Å². The smallest absolute Gasteiger partial charge is 0.263 e. The van der Waals surface area contributed by atoms with E-state index in [0.29, 0.717) is 23.0 Å². The summed E-state index contributed by atoms with van der Waals surface area (Å²) in [6, 6.07) is 17.7. The van der Waals surface area contributed by atoms with Crippen LogP contribution in [0.25, 0.3) is 22.4 Å². The van der Waals surface area contributed by atoms with Crippen LogP contribution in [-0.4, -0.2) is 22.2 Å². The van der Waals surface area contributed by atoms with E-state index < -0.39 is 0 Å². The minimum Gasteiger partial charge on any atom is -0.355 e. The van der Waals surface area contributed by atoms with E-state index in [1.165, 1.54) is 11.9 Å². The zero-order valence-electron chi connectivity index (χ0n) is 13.6. The molecule has 2 heterocycles. The lowest BCUT2D eigenvalue weighted by Crippen LogP contribution is -2.18. The van der Waals surface area contributed by atoms with Crippen molar-refractivity contribution in [3.8, 4) is 11.3 Å². The molecule has 0 aliphatic heterocycles. The van der Waals surface area contributed by atoms with Crippen molar-refractivity contribution in [1.29, 1.82) is 0 Å². The molecule has 0 radical (unpaired) electrons. The molecule has 5 nitrogen and oxygen atoms in total. The van der Waals surface area contributed by atoms with Crippen LogP contribution < -0.4 is 4.90 Å². The van der Waals surface area contributed by atoms with Crippen molar-refractivity contribution in [2.75, 3.05) is 11.9 Å². The van der Waals surface area contributed by atoms with E-state index >= 15 is 0 Å². The van der Waals surface area contributed by atoms with E-state index in [-0.39, 0.29) is 0 Å². The second kappa shape index (κ2) is 6.53. The predicted octanol–water partition coefficient (Wildman–Crippen LogP) is 4.57. The molecule has 0 saturated heterocycles. The van der Waals surface area contributed by atoms with Gasteiger partial charge in [0.1, 0.15) is 23.2 Å². The lowest BCUT2D eigenvalue weighted by molar-refractivity contribution is 0.451. The molecular formula is C19H15ClN4O. The minimum absolute atomic E-state index is 0.458. The second-order valence-corrected chi connectivity index (χ2v) is 6.20. The molecule has 0 aliphatic rings. The van der Waals surface area contributed by atoms with Gasteiger partial charge in [-0.2, -0.15) is 4.98 Å². The van der Waals surface area contributed by atoms with E-state index in [4.69, 9.17) is 16.1 Å². The third-order valence-electron chi connectivity index (χ3n) is 3.97. The molecule has 0 spiro atoms. The van der Waals surface area contributed by atoms with Gasteiger partial charge in [0.15, 0.2) is 0 Å². The number of anilines is 1. The zero-order chi connectivity index (χ0) is 17.2. The number of rotatable bonds is 4. The Balaban J connectivity index is 1.80. The van der Waals surface area contributed by atoms with Crippen molar-refractivity contribution in [1.82, 2.24) is 15.1 Å². The molecule has 0 N–H and O–H groups in total. The number of aromatic nitrogens is 3. The lowest BCUT2D eigenvalue weighted by Gasteiger charge is -2.18. The SMILES string of the molecule is CN(Cc1ccccc1)c1ncnc2onc(-c3cccc(Cl)c3)c12. The maximum absolute atomic E-state index is 6.12. The van der Waals surface area contributed by atoms with E-state index in [0.717, 1.165) is 16.8 Å². The van der Waals surface area contributed by atoms with Crippen molar-refractivity contribution >= 4 is 28.5 Å². The highest BCUT2D eigenvalue weighted by Gasteiger charge is 2.19. The van der Waals surface area contributed by atoms with Crippen LogP contribution in [-0.2, 0) is 6.54 Å². The molecule has 0 aliphatic carbocycles. The third-order valence-corrected chi connectivity index (χ3v) is 4.21. The summed E-state index contributed by atoms with van der Waals surface area (Å²) in [5.41, 5.74) is 3.21. The van der Waals surface area contributed by atoms with Gasteiger partial charge in [-0.15, -0.1) is 0 Å². The van der Waals surface area contributed by atoms with Crippen molar-refractivity contribution in [3.05, 3.63) is 71.5 Å². The Morgan fingerprint density at radius 3 is 2.68 bits per heavy atom. The highest BCUT2D eigenvalue weighted by Crippen LogP contribution is 2.33. The highest BCUT2D eigenvalue weighted by molar-refractivity contribution is 6.30. The van der Waals surface area contributed by atoms with Gasteiger partial charge in [-0.3, -0.25) is 0 Å². The number of nitrogens with zero attached hydrogens (tertiary/aromatic N) is 4. The average molecular weight is 351 g/mol. The van der Waals surface area contributed by atoms with E-state index in [2.05, 4.69) is 32.2 Å². The molecule has 6 heteroatoms. The Labute approximate surface area is 149 Å². The number of hydrogen-bond acceptors (Lipinski definition) is 5. The van der Waals surface area contributed by atoms with Crippen LogP contribution in [0.5, 0.6) is 0 Å². The van der Waals surface area contributed by atoms with Gasteiger partial charge < -0.3 is 9.42 Å². The zero-order valence-corrected chi connectivity index (χ0v) is 14.3. The van der Waals surface area contributed by atoms with Crippen molar-refractivity contribution in [2.45, 2.75) is 6.54 Å². The normalized spacial score (nSPS) is 11.0. The fraction of sp³-hybridized carbons (Fsp3) is 0.105.